The zero-order valence-corrected chi connectivity index (χ0v) is 8.78. The first-order valence-corrected chi connectivity index (χ1v) is 5.21. The molecule has 1 N–H and O–H groups in total. The molecule has 1 aliphatic rings. The van der Waals surface area contributed by atoms with Gasteiger partial charge in [-0.3, -0.25) is 0 Å². The molecular formula is C11H15FN2O. The highest BCUT2D eigenvalue weighted by molar-refractivity contribution is 5.43. The zero-order chi connectivity index (χ0) is 10.8. The summed E-state index contributed by atoms with van der Waals surface area (Å²) in [5.41, 5.74) is 0.319. The molecule has 3 nitrogen and oxygen atoms in total. The second-order valence-electron chi connectivity index (χ2n) is 4.11. The first kappa shape index (κ1) is 10.4. The number of hydrogen-bond acceptors (Lipinski definition) is 3. The van der Waals surface area contributed by atoms with E-state index in [1.54, 1.807) is 6.20 Å². The lowest BCUT2D eigenvalue weighted by Gasteiger charge is -2.18. The van der Waals surface area contributed by atoms with Crippen LogP contribution in [0.2, 0.25) is 0 Å². The largest absolute Gasteiger partial charge is 0.392 e. The Morgan fingerprint density at radius 3 is 3.07 bits per heavy atom. The van der Waals surface area contributed by atoms with Crippen LogP contribution in [0.15, 0.2) is 12.3 Å². The Labute approximate surface area is 88.6 Å². The smallest absolute Gasteiger partial charge is 0.171 e. The molecule has 4 heteroatoms. The molecule has 1 unspecified atom stereocenters. The van der Waals surface area contributed by atoms with Crippen molar-refractivity contribution in [3.8, 4) is 0 Å². The standard InChI is InChI=1S/C11H15FN2O/c1-8-3-5-14(6-8)11-10(12)9(7-15)2-4-13-11/h2,4,8,15H,3,5-7H2,1H3. The summed E-state index contributed by atoms with van der Waals surface area (Å²) in [6.45, 7) is 3.57. The van der Waals surface area contributed by atoms with E-state index in [4.69, 9.17) is 5.11 Å². The van der Waals surface area contributed by atoms with E-state index in [0.29, 0.717) is 17.3 Å². The molecule has 0 bridgehead atoms. The van der Waals surface area contributed by atoms with E-state index in [2.05, 4.69) is 11.9 Å². The summed E-state index contributed by atoms with van der Waals surface area (Å²) in [5.74, 6) is 0.587. The highest BCUT2D eigenvalue weighted by Gasteiger charge is 2.23. The number of hydrogen-bond donors (Lipinski definition) is 1. The highest BCUT2D eigenvalue weighted by Crippen LogP contribution is 2.25. The molecule has 1 aromatic heterocycles. The Bertz CT molecular complexity index is 356. The van der Waals surface area contributed by atoms with E-state index in [1.807, 2.05) is 4.90 Å². The molecule has 82 valence electrons. The van der Waals surface area contributed by atoms with Crippen LogP contribution >= 0.6 is 0 Å². The summed E-state index contributed by atoms with van der Waals surface area (Å²) >= 11 is 0. The zero-order valence-electron chi connectivity index (χ0n) is 8.78. The molecule has 0 saturated carbocycles. The van der Waals surface area contributed by atoms with Crippen molar-refractivity contribution in [1.29, 1.82) is 0 Å². The van der Waals surface area contributed by atoms with E-state index in [-0.39, 0.29) is 12.4 Å². The molecule has 1 saturated heterocycles. The van der Waals surface area contributed by atoms with Crippen LogP contribution < -0.4 is 4.90 Å². The number of aliphatic hydroxyl groups is 1. The van der Waals surface area contributed by atoms with Gasteiger partial charge in [-0.15, -0.1) is 0 Å². The van der Waals surface area contributed by atoms with E-state index < -0.39 is 0 Å². The van der Waals surface area contributed by atoms with Crippen molar-refractivity contribution in [1.82, 2.24) is 4.98 Å². The van der Waals surface area contributed by atoms with Gasteiger partial charge in [-0.05, 0) is 18.4 Å². The van der Waals surface area contributed by atoms with Gasteiger partial charge in [-0.25, -0.2) is 9.37 Å². The predicted molar refractivity (Wildman–Crippen MR) is 56.1 cm³/mol. The topological polar surface area (TPSA) is 36.4 Å². The quantitative estimate of drug-likeness (QED) is 0.804. The van der Waals surface area contributed by atoms with E-state index in [9.17, 15) is 4.39 Å². The highest BCUT2D eigenvalue weighted by atomic mass is 19.1. The maximum absolute atomic E-state index is 13.8. The van der Waals surface area contributed by atoms with Crippen LogP contribution in [0.5, 0.6) is 0 Å². The number of anilines is 1. The van der Waals surface area contributed by atoms with Gasteiger partial charge >= 0.3 is 0 Å². The van der Waals surface area contributed by atoms with Crippen molar-refractivity contribution in [3.63, 3.8) is 0 Å². The summed E-state index contributed by atoms with van der Waals surface area (Å²) in [7, 11) is 0. The second-order valence-corrected chi connectivity index (χ2v) is 4.11. The number of aliphatic hydroxyl groups excluding tert-OH is 1. The minimum absolute atomic E-state index is 0.273. The lowest BCUT2D eigenvalue weighted by Crippen LogP contribution is -2.22. The Hall–Kier alpha value is -1.16. The van der Waals surface area contributed by atoms with Gasteiger partial charge < -0.3 is 10.0 Å². The molecule has 15 heavy (non-hydrogen) atoms. The molecule has 1 atom stereocenters. The number of nitrogens with zero attached hydrogens (tertiary/aromatic N) is 2. The van der Waals surface area contributed by atoms with Crippen molar-refractivity contribution >= 4 is 5.82 Å². The fourth-order valence-corrected chi connectivity index (χ4v) is 1.94. The predicted octanol–water partition coefficient (Wildman–Crippen LogP) is 1.56. The first-order valence-electron chi connectivity index (χ1n) is 5.21. The summed E-state index contributed by atoms with van der Waals surface area (Å²) < 4.78 is 13.8. The molecule has 2 heterocycles. The Morgan fingerprint density at radius 2 is 2.47 bits per heavy atom. The second kappa shape index (κ2) is 4.14. The van der Waals surface area contributed by atoms with Gasteiger partial charge in [0, 0.05) is 24.8 Å². The maximum atomic E-state index is 13.8. The molecule has 1 fully saturated rings. The van der Waals surface area contributed by atoms with Gasteiger partial charge in [-0.2, -0.15) is 0 Å². The number of rotatable bonds is 2. The van der Waals surface area contributed by atoms with Crippen molar-refractivity contribution < 1.29 is 9.50 Å². The van der Waals surface area contributed by atoms with Gasteiger partial charge in [0.05, 0.1) is 6.61 Å². The summed E-state index contributed by atoms with van der Waals surface area (Å²) in [4.78, 5) is 5.99. The van der Waals surface area contributed by atoms with Crippen LogP contribution in [-0.4, -0.2) is 23.2 Å². The minimum Gasteiger partial charge on any atom is -0.392 e. The van der Waals surface area contributed by atoms with Crippen molar-refractivity contribution in [2.75, 3.05) is 18.0 Å². The maximum Gasteiger partial charge on any atom is 0.171 e. The fraction of sp³-hybridized carbons (Fsp3) is 0.545. The molecule has 2 rings (SSSR count). The minimum atomic E-state index is -0.380. The summed E-state index contributed by atoms with van der Waals surface area (Å²) in [6, 6.07) is 1.51. The Kier molecular flexibility index (Phi) is 2.86. The molecule has 1 aliphatic heterocycles. The van der Waals surface area contributed by atoms with E-state index >= 15 is 0 Å². The van der Waals surface area contributed by atoms with E-state index in [1.165, 1.54) is 6.07 Å². The normalized spacial score (nSPS) is 21.0. The number of halogens is 1. The average Bonchev–Trinajstić information content (AvgIpc) is 2.65. The number of aromatic nitrogens is 1. The van der Waals surface area contributed by atoms with Gasteiger partial charge in [-0.1, -0.05) is 6.92 Å². The molecule has 0 spiro atoms. The Balaban J connectivity index is 2.28. The van der Waals surface area contributed by atoms with Gasteiger partial charge in [0.2, 0.25) is 0 Å². The molecule has 0 radical (unpaired) electrons. The molecule has 1 aromatic rings. The first-order chi connectivity index (χ1) is 7.22. The third-order valence-corrected chi connectivity index (χ3v) is 2.84. The molecular weight excluding hydrogens is 195 g/mol. The number of pyridine rings is 1. The van der Waals surface area contributed by atoms with Crippen LogP contribution in [0.25, 0.3) is 0 Å². The third kappa shape index (κ3) is 1.95. The van der Waals surface area contributed by atoms with Crippen molar-refractivity contribution in [2.45, 2.75) is 20.0 Å². The van der Waals surface area contributed by atoms with Crippen LogP contribution in [0, 0.1) is 11.7 Å². The van der Waals surface area contributed by atoms with Crippen LogP contribution in [0.3, 0.4) is 0 Å². The monoisotopic (exact) mass is 210 g/mol. The average molecular weight is 210 g/mol. The summed E-state index contributed by atoms with van der Waals surface area (Å²) in [5, 5.41) is 8.95. The fourth-order valence-electron chi connectivity index (χ4n) is 1.94. The van der Waals surface area contributed by atoms with Crippen molar-refractivity contribution in [3.05, 3.63) is 23.6 Å². The lowest BCUT2D eigenvalue weighted by atomic mass is 10.2. The molecule has 0 amide bonds. The SMILES string of the molecule is CC1CCN(c2nccc(CO)c2F)C1. The third-order valence-electron chi connectivity index (χ3n) is 2.84. The van der Waals surface area contributed by atoms with Crippen LogP contribution in [0.4, 0.5) is 10.2 Å². The van der Waals surface area contributed by atoms with Gasteiger partial charge in [0.15, 0.2) is 11.6 Å². The van der Waals surface area contributed by atoms with E-state index in [0.717, 1.165) is 19.5 Å². The Morgan fingerprint density at radius 1 is 1.67 bits per heavy atom. The van der Waals surface area contributed by atoms with Gasteiger partial charge in [0.25, 0.3) is 0 Å². The molecule has 0 aliphatic carbocycles. The van der Waals surface area contributed by atoms with Crippen molar-refractivity contribution in [2.24, 2.45) is 5.92 Å². The summed E-state index contributed by atoms with van der Waals surface area (Å²) in [6.07, 6.45) is 2.62. The van der Waals surface area contributed by atoms with Crippen LogP contribution in [-0.2, 0) is 6.61 Å². The molecule has 0 aromatic carbocycles. The van der Waals surface area contributed by atoms with Gasteiger partial charge in [0.1, 0.15) is 0 Å². The lowest BCUT2D eigenvalue weighted by molar-refractivity contribution is 0.275. The van der Waals surface area contributed by atoms with Crippen LogP contribution in [0.1, 0.15) is 18.9 Å².